The van der Waals surface area contributed by atoms with Gasteiger partial charge in [-0.05, 0) is 17.7 Å². The summed E-state index contributed by atoms with van der Waals surface area (Å²) in [6.45, 7) is 4.01. The summed E-state index contributed by atoms with van der Waals surface area (Å²) in [5.74, 6) is 1.52. The summed E-state index contributed by atoms with van der Waals surface area (Å²) < 4.78 is 10.5. The minimum atomic E-state index is -0.426. The van der Waals surface area contributed by atoms with Crippen LogP contribution in [0.4, 0.5) is 4.79 Å². The Hall–Kier alpha value is -2.50. The highest BCUT2D eigenvalue weighted by Crippen LogP contribution is 2.32. The first-order valence-electron chi connectivity index (χ1n) is 6.09. The Labute approximate surface area is 117 Å². The molecule has 1 heterocycles. The highest BCUT2D eigenvalue weighted by atomic mass is 16.5. The highest BCUT2D eigenvalue weighted by molar-refractivity contribution is 6.03. The Morgan fingerprint density at radius 1 is 1.35 bits per heavy atom. The number of methoxy groups -OCH3 is 2. The lowest BCUT2D eigenvalue weighted by molar-refractivity contribution is 0.212. The van der Waals surface area contributed by atoms with E-state index in [0.717, 1.165) is 5.56 Å². The standard InChI is InChI=1S/C14H17N3O3/c1-4-5-17-12(13(15)16-14(17)18)9-6-10(19-2)8-11(7-9)20-3/h4,6-8,12H,1,5H2,2-3H3,(H2,15,16,18). The smallest absolute Gasteiger partial charge is 0.346 e. The fourth-order valence-corrected chi connectivity index (χ4v) is 2.17. The van der Waals surface area contributed by atoms with Gasteiger partial charge < -0.3 is 20.1 Å². The van der Waals surface area contributed by atoms with Gasteiger partial charge in [-0.15, -0.1) is 6.58 Å². The maximum absolute atomic E-state index is 11.8. The molecule has 0 radical (unpaired) electrons. The van der Waals surface area contributed by atoms with Crippen LogP contribution >= 0.6 is 0 Å². The molecule has 0 fully saturated rings. The zero-order valence-electron chi connectivity index (χ0n) is 11.5. The summed E-state index contributed by atoms with van der Waals surface area (Å²) in [6.07, 6.45) is 1.64. The van der Waals surface area contributed by atoms with E-state index in [1.807, 2.05) is 12.1 Å². The molecule has 1 aromatic rings. The topological polar surface area (TPSA) is 77.2 Å². The van der Waals surface area contributed by atoms with Crippen molar-refractivity contribution in [2.75, 3.05) is 20.8 Å². The van der Waals surface area contributed by atoms with E-state index in [9.17, 15) is 4.79 Å². The molecular formula is C14H17N3O3. The number of carbonyl (C=O) groups excluding carboxylic acids is 1. The van der Waals surface area contributed by atoms with E-state index < -0.39 is 6.04 Å². The molecule has 6 heteroatoms. The number of amidine groups is 1. The van der Waals surface area contributed by atoms with Crippen molar-refractivity contribution in [3.8, 4) is 11.5 Å². The molecule has 20 heavy (non-hydrogen) atoms. The Morgan fingerprint density at radius 3 is 2.45 bits per heavy atom. The molecule has 0 aromatic heterocycles. The van der Waals surface area contributed by atoms with Crippen molar-refractivity contribution in [3.05, 3.63) is 36.4 Å². The van der Waals surface area contributed by atoms with Crippen LogP contribution in [0, 0.1) is 0 Å². The molecule has 1 aromatic carbocycles. The zero-order chi connectivity index (χ0) is 14.7. The van der Waals surface area contributed by atoms with Crippen LogP contribution in [0.25, 0.3) is 0 Å². The van der Waals surface area contributed by atoms with Crippen LogP contribution in [0.15, 0.2) is 35.8 Å². The Kier molecular flexibility index (Phi) is 3.93. The van der Waals surface area contributed by atoms with Crippen molar-refractivity contribution in [3.63, 3.8) is 0 Å². The maximum atomic E-state index is 11.8. The molecule has 1 aliphatic rings. The number of nitrogens with two attached hydrogens (primary N) is 1. The lowest BCUT2D eigenvalue weighted by Crippen LogP contribution is -2.33. The van der Waals surface area contributed by atoms with Gasteiger partial charge in [0.1, 0.15) is 23.4 Å². The molecule has 0 saturated heterocycles. The van der Waals surface area contributed by atoms with Gasteiger partial charge in [0, 0.05) is 12.6 Å². The average Bonchev–Trinajstić information content (AvgIpc) is 2.73. The SMILES string of the molecule is C=CCN1C(=O)N=C(N)C1c1cc(OC)cc(OC)c1. The molecule has 2 amide bonds. The van der Waals surface area contributed by atoms with Crippen molar-refractivity contribution in [1.29, 1.82) is 0 Å². The molecule has 1 aliphatic heterocycles. The van der Waals surface area contributed by atoms with Gasteiger partial charge in [0.25, 0.3) is 0 Å². The van der Waals surface area contributed by atoms with Gasteiger partial charge in [-0.3, -0.25) is 0 Å². The molecule has 1 unspecified atom stereocenters. The number of ether oxygens (including phenoxy) is 2. The highest BCUT2D eigenvalue weighted by Gasteiger charge is 2.34. The largest absolute Gasteiger partial charge is 0.497 e. The number of rotatable bonds is 5. The van der Waals surface area contributed by atoms with Gasteiger partial charge in [-0.25, -0.2) is 4.79 Å². The summed E-state index contributed by atoms with van der Waals surface area (Å²) in [6, 6.07) is 4.58. The van der Waals surface area contributed by atoms with Gasteiger partial charge >= 0.3 is 6.03 Å². The number of nitrogens with zero attached hydrogens (tertiary/aromatic N) is 2. The molecule has 0 aliphatic carbocycles. The third-order valence-corrected chi connectivity index (χ3v) is 3.08. The monoisotopic (exact) mass is 275 g/mol. The number of amides is 2. The quantitative estimate of drug-likeness (QED) is 0.830. The van der Waals surface area contributed by atoms with Crippen molar-refractivity contribution < 1.29 is 14.3 Å². The van der Waals surface area contributed by atoms with Crippen LogP contribution < -0.4 is 15.2 Å². The fourth-order valence-electron chi connectivity index (χ4n) is 2.17. The first-order valence-corrected chi connectivity index (χ1v) is 6.09. The normalized spacial score (nSPS) is 17.9. The summed E-state index contributed by atoms with van der Waals surface area (Å²) in [4.78, 5) is 17.2. The van der Waals surface area contributed by atoms with E-state index in [4.69, 9.17) is 15.2 Å². The van der Waals surface area contributed by atoms with Gasteiger partial charge in [-0.2, -0.15) is 4.99 Å². The number of benzene rings is 1. The molecule has 0 bridgehead atoms. The van der Waals surface area contributed by atoms with Crippen LogP contribution in [0.1, 0.15) is 11.6 Å². The first kappa shape index (κ1) is 13.9. The number of urea groups is 1. The van der Waals surface area contributed by atoms with Crippen LogP contribution in [0.3, 0.4) is 0 Å². The number of carbonyl (C=O) groups is 1. The third kappa shape index (κ3) is 2.45. The van der Waals surface area contributed by atoms with Crippen molar-refractivity contribution in [2.24, 2.45) is 10.7 Å². The van der Waals surface area contributed by atoms with E-state index in [-0.39, 0.29) is 11.9 Å². The lowest BCUT2D eigenvalue weighted by Gasteiger charge is -2.23. The Balaban J connectivity index is 2.45. The minimum absolute atomic E-state index is 0.257. The second-order valence-corrected chi connectivity index (χ2v) is 4.31. The lowest BCUT2D eigenvalue weighted by atomic mass is 10.0. The summed E-state index contributed by atoms with van der Waals surface area (Å²) in [7, 11) is 3.13. The first-order chi connectivity index (χ1) is 9.60. The number of aliphatic imine (C=N–C) groups is 1. The number of hydrogen-bond acceptors (Lipinski definition) is 4. The van der Waals surface area contributed by atoms with Gasteiger partial charge in [0.05, 0.1) is 14.2 Å². The van der Waals surface area contributed by atoms with Crippen LogP contribution in [0.2, 0.25) is 0 Å². The minimum Gasteiger partial charge on any atom is -0.497 e. The van der Waals surface area contributed by atoms with Gasteiger partial charge in [-0.1, -0.05) is 6.08 Å². The van der Waals surface area contributed by atoms with E-state index in [1.165, 1.54) is 4.90 Å². The van der Waals surface area contributed by atoms with E-state index >= 15 is 0 Å². The molecule has 0 saturated carbocycles. The maximum Gasteiger partial charge on any atom is 0.346 e. The van der Waals surface area contributed by atoms with Crippen molar-refractivity contribution in [1.82, 2.24) is 4.90 Å². The van der Waals surface area contributed by atoms with Crippen molar-refractivity contribution >= 4 is 11.9 Å². The summed E-state index contributed by atoms with van der Waals surface area (Å²) in [5, 5.41) is 0. The Morgan fingerprint density at radius 2 is 1.95 bits per heavy atom. The Bertz CT molecular complexity index is 547. The number of hydrogen-bond donors (Lipinski definition) is 1. The molecule has 1 atom stereocenters. The molecule has 106 valence electrons. The second-order valence-electron chi connectivity index (χ2n) is 4.31. The van der Waals surface area contributed by atoms with Crippen LogP contribution in [0.5, 0.6) is 11.5 Å². The second kappa shape index (κ2) is 5.64. The molecular weight excluding hydrogens is 258 g/mol. The predicted molar refractivity (Wildman–Crippen MR) is 76.2 cm³/mol. The van der Waals surface area contributed by atoms with E-state index in [1.54, 1.807) is 26.4 Å². The van der Waals surface area contributed by atoms with Crippen molar-refractivity contribution in [2.45, 2.75) is 6.04 Å². The molecule has 0 spiro atoms. The molecule has 2 rings (SSSR count). The fraction of sp³-hybridized carbons (Fsp3) is 0.286. The average molecular weight is 275 g/mol. The summed E-state index contributed by atoms with van der Waals surface area (Å²) >= 11 is 0. The third-order valence-electron chi connectivity index (χ3n) is 3.08. The predicted octanol–water partition coefficient (Wildman–Crippen LogP) is 1.72. The van der Waals surface area contributed by atoms with Crippen LogP contribution in [-0.2, 0) is 0 Å². The van der Waals surface area contributed by atoms with Gasteiger partial charge in [0.15, 0.2) is 0 Å². The zero-order valence-corrected chi connectivity index (χ0v) is 11.5. The molecule has 6 nitrogen and oxygen atoms in total. The van der Waals surface area contributed by atoms with E-state index in [2.05, 4.69) is 11.6 Å². The van der Waals surface area contributed by atoms with Crippen LogP contribution in [-0.4, -0.2) is 37.5 Å². The van der Waals surface area contributed by atoms with Gasteiger partial charge in [0.2, 0.25) is 0 Å². The molecule has 2 N–H and O–H groups in total. The summed E-state index contributed by atoms with van der Waals surface area (Å²) in [5.41, 5.74) is 6.66. The van der Waals surface area contributed by atoms with E-state index in [0.29, 0.717) is 18.0 Å².